The molecule has 0 spiro atoms. The summed E-state index contributed by atoms with van der Waals surface area (Å²) in [5.74, 6) is 0. The molecule has 4 heteroatoms. The van der Waals surface area contributed by atoms with Gasteiger partial charge in [0.1, 0.15) is 0 Å². The summed E-state index contributed by atoms with van der Waals surface area (Å²) in [6.45, 7) is 15.3. The van der Waals surface area contributed by atoms with Crippen LogP contribution in [0.4, 0.5) is 45.5 Å². The van der Waals surface area contributed by atoms with E-state index in [-0.39, 0.29) is 17.5 Å². The Balaban J connectivity index is 1.41. The maximum Gasteiger partial charge on any atom is 0.252 e. The van der Waals surface area contributed by atoms with Crippen molar-refractivity contribution in [2.24, 2.45) is 0 Å². The van der Waals surface area contributed by atoms with Crippen molar-refractivity contribution < 1.29 is 0 Å². The third-order valence-corrected chi connectivity index (χ3v) is 11.5. The van der Waals surface area contributed by atoms with Gasteiger partial charge in [0.25, 0.3) is 6.71 Å². The first-order chi connectivity index (χ1) is 25.1. The second-order valence-corrected chi connectivity index (χ2v) is 16.9. The smallest absolute Gasteiger partial charge is 0.252 e. The molecule has 0 bridgehead atoms. The monoisotopic (exact) mass is 677 g/mol. The van der Waals surface area contributed by atoms with Gasteiger partial charge in [-0.25, -0.2) is 0 Å². The SMILES string of the molecule is CC(C)(C)c1ccc2c(c1)N(c1ccccc1)c1cc(N(c3ccccc3)c3ccccc3)cc3c1B2c1ccc(C(C)(C)C)c2c1N3CCCC2. The van der Waals surface area contributed by atoms with Gasteiger partial charge in [-0.15, -0.1) is 0 Å². The molecule has 6 aromatic carbocycles. The van der Waals surface area contributed by atoms with E-state index in [4.69, 9.17) is 0 Å². The summed E-state index contributed by atoms with van der Waals surface area (Å²) >= 11 is 0. The number of benzene rings is 6. The zero-order valence-electron chi connectivity index (χ0n) is 31.4. The van der Waals surface area contributed by atoms with Crippen molar-refractivity contribution in [2.75, 3.05) is 21.2 Å². The Morgan fingerprint density at radius 2 is 1.17 bits per heavy atom. The van der Waals surface area contributed by atoms with E-state index >= 15 is 0 Å². The fourth-order valence-electron chi connectivity index (χ4n) is 9.04. The summed E-state index contributed by atoms with van der Waals surface area (Å²) in [4.78, 5) is 7.72. The normalized spacial score (nSPS) is 14.7. The van der Waals surface area contributed by atoms with E-state index in [1.54, 1.807) is 5.56 Å². The highest BCUT2D eigenvalue weighted by atomic mass is 15.2. The van der Waals surface area contributed by atoms with Crippen molar-refractivity contribution in [3.8, 4) is 0 Å². The summed E-state index contributed by atoms with van der Waals surface area (Å²) in [5.41, 5.74) is 18.7. The van der Waals surface area contributed by atoms with Gasteiger partial charge >= 0.3 is 0 Å². The first-order valence-electron chi connectivity index (χ1n) is 19.1. The molecule has 52 heavy (non-hydrogen) atoms. The molecule has 6 aromatic rings. The Morgan fingerprint density at radius 1 is 0.558 bits per heavy atom. The van der Waals surface area contributed by atoms with E-state index in [1.807, 2.05) is 0 Å². The highest BCUT2D eigenvalue weighted by Crippen LogP contribution is 2.48. The molecular formula is C48H48BN3. The van der Waals surface area contributed by atoms with Gasteiger partial charge < -0.3 is 14.7 Å². The second kappa shape index (κ2) is 12.2. The molecule has 3 heterocycles. The molecule has 0 aromatic heterocycles. The standard InChI is InChI=1S/C48H48BN3/c1-47(2,3)33-25-27-40-42(30-33)52(36-22-14-9-15-23-36)44-32-37(51(34-18-10-7-11-19-34)35-20-12-8-13-21-35)31-43-45(44)49(40)41-28-26-39(48(4,5)6)38-24-16-17-29-50(43)46(38)41/h7-15,18-23,25-28,30-32H,16-17,24,29H2,1-6H3. The van der Waals surface area contributed by atoms with Crippen molar-refractivity contribution in [1.29, 1.82) is 0 Å². The van der Waals surface area contributed by atoms with Crippen LogP contribution in [0.1, 0.15) is 71.1 Å². The van der Waals surface area contributed by atoms with Gasteiger partial charge in [-0.1, -0.05) is 120 Å². The minimum Gasteiger partial charge on any atom is -0.342 e. The molecule has 0 atom stereocenters. The third kappa shape index (κ3) is 5.26. The summed E-state index contributed by atoms with van der Waals surface area (Å²) in [5, 5.41) is 0. The predicted molar refractivity (Wildman–Crippen MR) is 224 cm³/mol. The van der Waals surface area contributed by atoms with Crippen LogP contribution in [-0.4, -0.2) is 13.3 Å². The Morgan fingerprint density at radius 3 is 1.81 bits per heavy atom. The van der Waals surface area contributed by atoms with Gasteiger partial charge in [0.15, 0.2) is 0 Å². The van der Waals surface area contributed by atoms with Crippen LogP contribution in [-0.2, 0) is 17.3 Å². The van der Waals surface area contributed by atoms with Crippen LogP contribution >= 0.6 is 0 Å². The fourth-order valence-corrected chi connectivity index (χ4v) is 9.04. The summed E-state index contributed by atoms with van der Waals surface area (Å²) in [6.07, 6.45) is 3.48. The molecule has 0 saturated carbocycles. The number of nitrogens with zero attached hydrogens (tertiary/aromatic N) is 3. The highest BCUT2D eigenvalue weighted by Gasteiger charge is 2.45. The number of rotatable bonds is 4. The quantitative estimate of drug-likeness (QED) is 0.172. The molecule has 0 aliphatic carbocycles. The average Bonchev–Trinajstić information content (AvgIpc) is 3.37. The lowest BCUT2D eigenvalue weighted by Crippen LogP contribution is -2.62. The van der Waals surface area contributed by atoms with Gasteiger partial charge in [0.2, 0.25) is 0 Å². The van der Waals surface area contributed by atoms with Gasteiger partial charge in [-0.3, -0.25) is 0 Å². The van der Waals surface area contributed by atoms with Crippen molar-refractivity contribution in [3.63, 3.8) is 0 Å². The zero-order valence-corrected chi connectivity index (χ0v) is 31.4. The lowest BCUT2D eigenvalue weighted by atomic mass is 9.33. The predicted octanol–water partition coefficient (Wildman–Crippen LogP) is 10.8. The molecule has 0 unspecified atom stereocenters. The molecule has 0 saturated heterocycles. The van der Waals surface area contributed by atoms with Gasteiger partial charge in [-0.2, -0.15) is 0 Å². The third-order valence-electron chi connectivity index (χ3n) is 11.5. The van der Waals surface area contributed by atoms with E-state index in [9.17, 15) is 0 Å². The van der Waals surface area contributed by atoms with Crippen molar-refractivity contribution in [1.82, 2.24) is 0 Å². The number of fused-ring (bicyclic) bond motifs is 4. The molecule has 9 rings (SSSR count). The summed E-state index contributed by atoms with van der Waals surface area (Å²) in [6, 6.07) is 50.0. The fraction of sp³-hybridized carbons (Fsp3) is 0.250. The van der Waals surface area contributed by atoms with Gasteiger partial charge in [0.05, 0.1) is 5.69 Å². The van der Waals surface area contributed by atoms with Crippen LogP contribution < -0.4 is 31.1 Å². The van der Waals surface area contributed by atoms with Crippen LogP contribution in [0.5, 0.6) is 0 Å². The summed E-state index contributed by atoms with van der Waals surface area (Å²) in [7, 11) is 0. The lowest BCUT2D eigenvalue weighted by molar-refractivity contribution is 0.581. The molecular weight excluding hydrogens is 629 g/mol. The Labute approximate surface area is 310 Å². The van der Waals surface area contributed by atoms with Crippen LogP contribution in [0.3, 0.4) is 0 Å². The van der Waals surface area contributed by atoms with E-state index in [1.165, 1.54) is 68.1 Å². The number of hydrogen-bond donors (Lipinski definition) is 0. The van der Waals surface area contributed by atoms with Crippen LogP contribution in [0.15, 0.2) is 133 Å². The lowest BCUT2D eigenvalue weighted by Gasteiger charge is -2.46. The van der Waals surface area contributed by atoms with Crippen molar-refractivity contribution >= 4 is 68.6 Å². The zero-order chi connectivity index (χ0) is 35.8. The number of anilines is 8. The first kappa shape index (κ1) is 32.7. The van der Waals surface area contributed by atoms with Crippen LogP contribution in [0.2, 0.25) is 0 Å². The van der Waals surface area contributed by atoms with Gasteiger partial charge in [0, 0.05) is 46.4 Å². The maximum atomic E-state index is 2.72. The molecule has 3 nitrogen and oxygen atoms in total. The molecule has 3 aliphatic heterocycles. The van der Waals surface area contributed by atoms with Crippen LogP contribution in [0, 0.1) is 0 Å². The Kier molecular flexibility index (Phi) is 7.66. The van der Waals surface area contributed by atoms with Crippen LogP contribution in [0.25, 0.3) is 0 Å². The van der Waals surface area contributed by atoms with E-state index in [0.717, 1.165) is 30.8 Å². The molecule has 0 amide bonds. The van der Waals surface area contributed by atoms with E-state index < -0.39 is 0 Å². The average molecular weight is 678 g/mol. The summed E-state index contributed by atoms with van der Waals surface area (Å²) < 4.78 is 0. The Hall–Kier alpha value is -5.22. The van der Waals surface area contributed by atoms with Gasteiger partial charge in [-0.05, 0) is 118 Å². The molecule has 0 fully saturated rings. The number of para-hydroxylation sites is 3. The van der Waals surface area contributed by atoms with Crippen molar-refractivity contribution in [3.05, 3.63) is 150 Å². The minimum absolute atomic E-state index is 0.0108. The molecule has 258 valence electrons. The second-order valence-electron chi connectivity index (χ2n) is 16.9. The Bertz CT molecular complexity index is 2240. The molecule has 3 aliphatic rings. The largest absolute Gasteiger partial charge is 0.342 e. The number of hydrogen-bond acceptors (Lipinski definition) is 3. The molecule has 0 radical (unpaired) electrons. The highest BCUT2D eigenvalue weighted by molar-refractivity contribution is 7.00. The van der Waals surface area contributed by atoms with E-state index in [0.29, 0.717) is 0 Å². The first-order valence-corrected chi connectivity index (χ1v) is 19.1. The molecule has 0 N–H and O–H groups in total. The van der Waals surface area contributed by atoms with E-state index in [2.05, 4.69) is 190 Å². The maximum absolute atomic E-state index is 2.72. The minimum atomic E-state index is 0.0108. The van der Waals surface area contributed by atoms with Crippen molar-refractivity contribution in [2.45, 2.75) is 71.6 Å². The topological polar surface area (TPSA) is 9.72 Å².